The fourth-order valence-corrected chi connectivity index (χ4v) is 4.62. The molecule has 144 valence electrons. The van der Waals surface area contributed by atoms with Crippen LogP contribution in [0, 0.1) is 0 Å². The van der Waals surface area contributed by atoms with Gasteiger partial charge in [-0.15, -0.1) is 0 Å². The number of rotatable bonds is 3. The first-order valence-corrected chi connectivity index (χ1v) is 10.2. The number of hydrogen-bond donors (Lipinski definition) is 1. The lowest BCUT2D eigenvalue weighted by Crippen LogP contribution is -2.51. The monoisotopic (exact) mass is 373 g/mol. The molecule has 5 heteroatoms. The number of nitrogens with zero attached hydrogens (tertiary/aromatic N) is 4. The van der Waals surface area contributed by atoms with Crippen molar-refractivity contribution in [2.24, 2.45) is 7.05 Å². The molecular weight excluding hydrogens is 346 g/mol. The minimum absolute atomic E-state index is 0.386. The normalized spacial score (nSPS) is 20.2. The Morgan fingerprint density at radius 1 is 0.893 bits per heavy atom. The molecule has 28 heavy (non-hydrogen) atoms. The van der Waals surface area contributed by atoms with E-state index in [9.17, 15) is 0 Å². The highest BCUT2D eigenvalue weighted by atomic mass is 15.3. The molecule has 1 saturated heterocycles. The van der Waals surface area contributed by atoms with Crippen molar-refractivity contribution in [1.82, 2.24) is 19.8 Å². The van der Waals surface area contributed by atoms with Gasteiger partial charge in [0, 0.05) is 57.6 Å². The van der Waals surface area contributed by atoms with Gasteiger partial charge in [-0.25, -0.2) is 4.98 Å². The number of aromatic nitrogens is 2. The van der Waals surface area contributed by atoms with Crippen LogP contribution >= 0.6 is 0 Å². The number of hydrogen-bond acceptors (Lipinski definition) is 4. The average molecular weight is 374 g/mol. The number of nitrogens with one attached hydrogen (secondary N) is 1. The Balaban J connectivity index is 1.38. The molecule has 0 bridgehead atoms. The summed E-state index contributed by atoms with van der Waals surface area (Å²) in [6.07, 6.45) is 0. The van der Waals surface area contributed by atoms with Crippen molar-refractivity contribution >= 4 is 5.69 Å². The maximum Gasteiger partial charge on any atom is 0.140 e. The Labute approximate surface area is 166 Å². The third kappa shape index (κ3) is 3.11. The van der Waals surface area contributed by atoms with Crippen LogP contribution in [0.2, 0.25) is 0 Å². The Kier molecular flexibility index (Phi) is 4.63. The molecule has 2 aliphatic rings. The topological polar surface area (TPSA) is 36.3 Å². The van der Waals surface area contributed by atoms with Gasteiger partial charge < -0.3 is 14.8 Å². The summed E-state index contributed by atoms with van der Waals surface area (Å²) in [6, 6.07) is 21.7. The van der Waals surface area contributed by atoms with Gasteiger partial charge in [0.15, 0.2) is 0 Å². The first-order valence-electron chi connectivity index (χ1n) is 10.2. The number of imidazole rings is 1. The molecule has 5 nitrogen and oxygen atoms in total. The van der Waals surface area contributed by atoms with Crippen molar-refractivity contribution in [3.63, 3.8) is 0 Å². The molecule has 1 aromatic heterocycles. The van der Waals surface area contributed by atoms with Gasteiger partial charge >= 0.3 is 0 Å². The maximum atomic E-state index is 4.99. The van der Waals surface area contributed by atoms with Crippen molar-refractivity contribution in [3.8, 4) is 11.4 Å². The van der Waals surface area contributed by atoms with E-state index < -0.39 is 0 Å². The summed E-state index contributed by atoms with van der Waals surface area (Å²) in [5.41, 5.74) is 5.09. The lowest BCUT2D eigenvalue weighted by molar-refractivity contribution is 0.168. The molecule has 2 aromatic carbocycles. The van der Waals surface area contributed by atoms with Crippen LogP contribution in [0.3, 0.4) is 0 Å². The molecule has 0 saturated carbocycles. The van der Waals surface area contributed by atoms with Gasteiger partial charge in [-0.1, -0.05) is 48.5 Å². The highest BCUT2D eigenvalue weighted by Crippen LogP contribution is 2.32. The molecule has 1 atom stereocenters. The lowest BCUT2D eigenvalue weighted by atomic mass is 10.0. The molecule has 3 heterocycles. The van der Waals surface area contributed by atoms with E-state index in [0.29, 0.717) is 6.04 Å². The predicted molar refractivity (Wildman–Crippen MR) is 113 cm³/mol. The van der Waals surface area contributed by atoms with E-state index in [1.54, 1.807) is 0 Å². The number of benzene rings is 2. The molecule has 1 N–H and O–H groups in total. The molecule has 1 fully saturated rings. The van der Waals surface area contributed by atoms with Gasteiger partial charge in [-0.2, -0.15) is 0 Å². The van der Waals surface area contributed by atoms with Gasteiger partial charge in [-0.05, 0) is 12.1 Å². The van der Waals surface area contributed by atoms with Crippen LogP contribution in [0.5, 0.6) is 0 Å². The van der Waals surface area contributed by atoms with E-state index in [1.807, 2.05) is 0 Å². The molecule has 5 rings (SSSR count). The van der Waals surface area contributed by atoms with E-state index in [4.69, 9.17) is 4.98 Å². The Morgan fingerprint density at radius 3 is 2.29 bits per heavy atom. The summed E-state index contributed by atoms with van der Waals surface area (Å²) >= 11 is 0. The summed E-state index contributed by atoms with van der Waals surface area (Å²) in [5.74, 6) is 1.07. The smallest absolute Gasteiger partial charge is 0.140 e. The van der Waals surface area contributed by atoms with Gasteiger partial charge in [0.2, 0.25) is 0 Å². The molecule has 0 aliphatic carbocycles. The van der Waals surface area contributed by atoms with Crippen LogP contribution in [0.25, 0.3) is 11.4 Å². The molecule has 2 aliphatic heterocycles. The highest BCUT2D eigenvalue weighted by Gasteiger charge is 2.32. The molecule has 3 aromatic rings. The standard InChI is InChI=1S/C23H27N5/c1-26-22-20(25-23(26)18-8-4-2-5-9-18)16-24-17-21(22)28-14-12-27(13-15-28)19-10-6-3-7-11-19/h2-11,21,24H,12-17H2,1H3. The van der Waals surface area contributed by atoms with Crippen molar-refractivity contribution in [2.75, 3.05) is 37.6 Å². The zero-order valence-electron chi connectivity index (χ0n) is 16.4. The summed E-state index contributed by atoms with van der Waals surface area (Å²) in [5, 5.41) is 3.59. The van der Waals surface area contributed by atoms with E-state index in [-0.39, 0.29) is 0 Å². The molecular formula is C23H27N5. The second-order valence-electron chi connectivity index (χ2n) is 7.70. The van der Waals surface area contributed by atoms with Crippen LogP contribution in [0.15, 0.2) is 60.7 Å². The van der Waals surface area contributed by atoms with Crippen LogP contribution in [0.1, 0.15) is 17.4 Å². The first-order chi connectivity index (χ1) is 13.8. The van der Waals surface area contributed by atoms with E-state index in [0.717, 1.165) is 45.1 Å². The summed E-state index contributed by atoms with van der Waals surface area (Å²) < 4.78 is 2.32. The van der Waals surface area contributed by atoms with Gasteiger partial charge in [0.1, 0.15) is 5.82 Å². The minimum Gasteiger partial charge on any atom is -0.369 e. The molecule has 1 unspecified atom stereocenters. The maximum absolute atomic E-state index is 4.99. The second-order valence-corrected chi connectivity index (χ2v) is 7.70. The van der Waals surface area contributed by atoms with Crippen LogP contribution < -0.4 is 10.2 Å². The van der Waals surface area contributed by atoms with Crippen molar-refractivity contribution < 1.29 is 0 Å². The number of anilines is 1. The van der Waals surface area contributed by atoms with Crippen molar-refractivity contribution in [1.29, 1.82) is 0 Å². The van der Waals surface area contributed by atoms with Crippen LogP contribution in [-0.2, 0) is 13.6 Å². The Morgan fingerprint density at radius 2 is 1.57 bits per heavy atom. The van der Waals surface area contributed by atoms with Crippen LogP contribution in [-0.4, -0.2) is 47.2 Å². The zero-order valence-corrected chi connectivity index (χ0v) is 16.4. The fourth-order valence-electron chi connectivity index (χ4n) is 4.62. The van der Waals surface area contributed by atoms with E-state index in [1.165, 1.54) is 22.6 Å². The number of fused-ring (bicyclic) bond motifs is 1. The third-order valence-corrected chi connectivity index (χ3v) is 6.07. The van der Waals surface area contributed by atoms with Crippen molar-refractivity contribution in [3.05, 3.63) is 72.1 Å². The van der Waals surface area contributed by atoms with Crippen LogP contribution in [0.4, 0.5) is 5.69 Å². The number of piperazine rings is 1. The third-order valence-electron chi connectivity index (χ3n) is 6.07. The average Bonchev–Trinajstić information content (AvgIpc) is 3.12. The van der Waals surface area contributed by atoms with Gasteiger partial charge in [0.05, 0.1) is 17.4 Å². The lowest BCUT2D eigenvalue weighted by Gasteiger charge is -2.41. The largest absolute Gasteiger partial charge is 0.369 e. The SMILES string of the molecule is Cn1c(-c2ccccc2)nc2c1C(N1CCN(c3ccccc3)CC1)CNC2. The predicted octanol–water partition coefficient (Wildman–Crippen LogP) is 3.05. The van der Waals surface area contributed by atoms with E-state index >= 15 is 0 Å². The quantitative estimate of drug-likeness (QED) is 0.766. The van der Waals surface area contributed by atoms with Crippen molar-refractivity contribution in [2.45, 2.75) is 12.6 Å². The van der Waals surface area contributed by atoms with Gasteiger partial charge in [-0.3, -0.25) is 4.90 Å². The number of para-hydroxylation sites is 1. The molecule has 0 spiro atoms. The Hall–Kier alpha value is -2.63. The highest BCUT2D eigenvalue weighted by molar-refractivity contribution is 5.57. The minimum atomic E-state index is 0.386. The summed E-state index contributed by atoms with van der Waals surface area (Å²) in [4.78, 5) is 10.1. The van der Waals surface area contributed by atoms with E-state index in [2.05, 4.69) is 87.4 Å². The summed E-state index contributed by atoms with van der Waals surface area (Å²) in [7, 11) is 2.17. The Bertz CT molecular complexity index is 926. The first kappa shape index (κ1) is 17.5. The molecule has 0 amide bonds. The second kappa shape index (κ2) is 7.41. The zero-order chi connectivity index (χ0) is 18.9. The molecule has 0 radical (unpaired) electrons. The fraction of sp³-hybridized carbons (Fsp3) is 0.348. The summed E-state index contributed by atoms with van der Waals surface area (Å²) in [6.45, 7) is 6.14. The van der Waals surface area contributed by atoms with Gasteiger partial charge in [0.25, 0.3) is 0 Å².